The van der Waals surface area contributed by atoms with E-state index in [-0.39, 0.29) is 23.4 Å². The maximum atomic E-state index is 12.9. The number of hydrogen-bond donors (Lipinski definition) is 2. The summed E-state index contributed by atoms with van der Waals surface area (Å²) in [7, 11) is 0. The maximum Gasteiger partial charge on any atom is 0.227 e. The molecule has 0 heterocycles. The zero-order valence-corrected chi connectivity index (χ0v) is 9.82. The highest BCUT2D eigenvalue weighted by atomic mass is 19.1. The standard InChI is InChI=1S/C13H14FN3O/c14-10-2-4-12(9(5-10)7-15)17-13(18)8-1-3-11(16)6-8/h2,4-5,8,11H,1,3,6,16H2,(H,17,18). The van der Waals surface area contributed by atoms with Gasteiger partial charge in [0.25, 0.3) is 0 Å². The predicted molar refractivity (Wildman–Crippen MR) is 65.1 cm³/mol. The van der Waals surface area contributed by atoms with Crippen LogP contribution in [0.4, 0.5) is 10.1 Å². The molecule has 0 spiro atoms. The number of nitrogens with two attached hydrogens (primary N) is 1. The van der Waals surface area contributed by atoms with Gasteiger partial charge >= 0.3 is 0 Å². The lowest BCUT2D eigenvalue weighted by atomic mass is 10.1. The highest BCUT2D eigenvalue weighted by Gasteiger charge is 2.28. The topological polar surface area (TPSA) is 78.9 Å². The lowest BCUT2D eigenvalue weighted by Crippen LogP contribution is -2.23. The number of nitrogens with zero attached hydrogens (tertiary/aromatic N) is 1. The van der Waals surface area contributed by atoms with E-state index in [1.54, 1.807) is 0 Å². The molecule has 2 atom stereocenters. The Morgan fingerprint density at radius 3 is 2.89 bits per heavy atom. The molecule has 18 heavy (non-hydrogen) atoms. The van der Waals surface area contributed by atoms with E-state index in [0.717, 1.165) is 18.9 Å². The molecule has 0 saturated heterocycles. The van der Waals surface area contributed by atoms with Crippen LogP contribution >= 0.6 is 0 Å². The van der Waals surface area contributed by atoms with E-state index in [9.17, 15) is 9.18 Å². The fraction of sp³-hybridized carbons (Fsp3) is 0.385. The third-order valence-electron chi connectivity index (χ3n) is 3.20. The van der Waals surface area contributed by atoms with Gasteiger partial charge < -0.3 is 11.1 Å². The summed E-state index contributed by atoms with van der Waals surface area (Å²) in [5, 5.41) is 11.5. The number of hydrogen-bond acceptors (Lipinski definition) is 3. The summed E-state index contributed by atoms with van der Waals surface area (Å²) >= 11 is 0. The molecule has 1 aliphatic carbocycles. The van der Waals surface area contributed by atoms with Crippen molar-refractivity contribution in [1.29, 1.82) is 5.26 Å². The maximum absolute atomic E-state index is 12.9. The first-order chi connectivity index (χ1) is 8.60. The summed E-state index contributed by atoms with van der Waals surface area (Å²) in [5.74, 6) is -0.755. The average molecular weight is 247 g/mol. The monoisotopic (exact) mass is 247 g/mol. The van der Waals surface area contributed by atoms with E-state index in [0.29, 0.717) is 12.1 Å². The average Bonchev–Trinajstić information content (AvgIpc) is 2.78. The number of nitrogens with one attached hydrogen (secondary N) is 1. The second-order valence-electron chi connectivity index (χ2n) is 4.56. The molecule has 0 aromatic heterocycles. The number of amides is 1. The van der Waals surface area contributed by atoms with Crippen LogP contribution in [-0.2, 0) is 4.79 Å². The number of halogens is 1. The lowest BCUT2D eigenvalue weighted by Gasteiger charge is -2.11. The van der Waals surface area contributed by atoms with Crippen LogP contribution in [0.25, 0.3) is 0 Å². The first kappa shape index (κ1) is 12.5. The van der Waals surface area contributed by atoms with Crippen molar-refractivity contribution in [1.82, 2.24) is 0 Å². The molecule has 1 amide bonds. The van der Waals surface area contributed by atoms with E-state index in [1.807, 2.05) is 6.07 Å². The molecule has 2 rings (SSSR count). The molecular formula is C13H14FN3O. The quantitative estimate of drug-likeness (QED) is 0.835. The van der Waals surface area contributed by atoms with Crippen LogP contribution in [-0.4, -0.2) is 11.9 Å². The Labute approximate surface area is 105 Å². The van der Waals surface area contributed by atoms with Crippen molar-refractivity contribution in [3.8, 4) is 6.07 Å². The van der Waals surface area contributed by atoms with Gasteiger partial charge in [0.1, 0.15) is 11.9 Å². The van der Waals surface area contributed by atoms with E-state index in [2.05, 4.69) is 5.32 Å². The number of benzene rings is 1. The lowest BCUT2D eigenvalue weighted by molar-refractivity contribution is -0.119. The Kier molecular flexibility index (Phi) is 3.58. The van der Waals surface area contributed by atoms with Crippen molar-refractivity contribution in [2.75, 3.05) is 5.32 Å². The smallest absolute Gasteiger partial charge is 0.227 e. The number of carbonyl (C=O) groups excluding carboxylic acids is 1. The second-order valence-corrected chi connectivity index (χ2v) is 4.56. The summed E-state index contributed by atoms with van der Waals surface area (Å²) in [6, 6.07) is 5.66. The Balaban J connectivity index is 2.10. The van der Waals surface area contributed by atoms with Crippen LogP contribution in [0, 0.1) is 23.1 Å². The van der Waals surface area contributed by atoms with Crippen molar-refractivity contribution in [2.45, 2.75) is 25.3 Å². The summed E-state index contributed by atoms with van der Waals surface area (Å²) in [4.78, 5) is 11.9. The largest absolute Gasteiger partial charge is 0.328 e. The number of rotatable bonds is 2. The van der Waals surface area contributed by atoms with Gasteiger partial charge in [-0.1, -0.05) is 0 Å². The molecule has 3 N–H and O–H groups in total. The first-order valence-electron chi connectivity index (χ1n) is 5.86. The predicted octanol–water partition coefficient (Wildman–Crippen LogP) is 1.76. The van der Waals surface area contributed by atoms with Crippen LogP contribution in [0.5, 0.6) is 0 Å². The zero-order valence-electron chi connectivity index (χ0n) is 9.82. The molecule has 4 nitrogen and oxygen atoms in total. The molecule has 1 aromatic carbocycles. The normalized spacial score (nSPS) is 22.5. The van der Waals surface area contributed by atoms with Crippen molar-refractivity contribution in [3.05, 3.63) is 29.6 Å². The van der Waals surface area contributed by atoms with Crippen molar-refractivity contribution in [3.63, 3.8) is 0 Å². The van der Waals surface area contributed by atoms with Gasteiger partial charge in [0.2, 0.25) is 5.91 Å². The van der Waals surface area contributed by atoms with Crippen molar-refractivity contribution < 1.29 is 9.18 Å². The molecule has 0 bridgehead atoms. The summed E-state index contributed by atoms with van der Waals surface area (Å²) in [6.07, 6.45) is 2.26. The molecule has 1 saturated carbocycles. The minimum absolute atomic E-state index is 0.0735. The Morgan fingerprint density at radius 1 is 1.50 bits per heavy atom. The fourth-order valence-corrected chi connectivity index (χ4v) is 2.21. The highest BCUT2D eigenvalue weighted by molar-refractivity contribution is 5.94. The van der Waals surface area contributed by atoms with Crippen molar-refractivity contribution in [2.24, 2.45) is 11.7 Å². The third kappa shape index (κ3) is 2.66. The summed E-state index contributed by atoms with van der Waals surface area (Å²) in [5.41, 5.74) is 6.23. The van der Waals surface area contributed by atoms with Gasteiger partial charge in [-0.25, -0.2) is 4.39 Å². The van der Waals surface area contributed by atoms with Crippen LogP contribution in [0.1, 0.15) is 24.8 Å². The Morgan fingerprint density at radius 2 is 2.28 bits per heavy atom. The van der Waals surface area contributed by atoms with E-state index >= 15 is 0 Å². The minimum atomic E-state index is -0.493. The SMILES string of the molecule is N#Cc1cc(F)ccc1NC(=O)C1CCC(N)C1. The highest BCUT2D eigenvalue weighted by Crippen LogP contribution is 2.26. The molecule has 0 radical (unpaired) electrons. The number of nitriles is 1. The van der Waals surface area contributed by atoms with Crippen LogP contribution in [0.15, 0.2) is 18.2 Å². The molecule has 2 unspecified atom stereocenters. The van der Waals surface area contributed by atoms with Gasteiger partial charge in [-0.15, -0.1) is 0 Å². The van der Waals surface area contributed by atoms with Gasteiger partial charge in [0.15, 0.2) is 0 Å². The first-order valence-corrected chi connectivity index (χ1v) is 5.86. The van der Waals surface area contributed by atoms with Crippen LogP contribution in [0.3, 0.4) is 0 Å². The van der Waals surface area contributed by atoms with Gasteiger partial charge in [-0.3, -0.25) is 4.79 Å². The van der Waals surface area contributed by atoms with Crippen LogP contribution < -0.4 is 11.1 Å². The van der Waals surface area contributed by atoms with E-state index < -0.39 is 5.82 Å². The van der Waals surface area contributed by atoms with E-state index in [4.69, 9.17) is 11.0 Å². The molecular weight excluding hydrogens is 233 g/mol. The molecule has 5 heteroatoms. The Hall–Kier alpha value is -1.93. The van der Waals surface area contributed by atoms with Crippen LogP contribution in [0.2, 0.25) is 0 Å². The van der Waals surface area contributed by atoms with Gasteiger partial charge in [-0.2, -0.15) is 5.26 Å². The second kappa shape index (κ2) is 5.15. The minimum Gasteiger partial charge on any atom is -0.328 e. The van der Waals surface area contributed by atoms with Gasteiger partial charge in [-0.05, 0) is 37.5 Å². The molecule has 94 valence electrons. The number of anilines is 1. The van der Waals surface area contributed by atoms with Crippen molar-refractivity contribution >= 4 is 11.6 Å². The zero-order chi connectivity index (χ0) is 13.1. The third-order valence-corrected chi connectivity index (χ3v) is 3.20. The van der Waals surface area contributed by atoms with Gasteiger partial charge in [0.05, 0.1) is 11.3 Å². The number of carbonyl (C=O) groups is 1. The molecule has 1 fully saturated rings. The van der Waals surface area contributed by atoms with Gasteiger partial charge in [0, 0.05) is 12.0 Å². The summed E-state index contributed by atoms with van der Waals surface area (Å²) in [6.45, 7) is 0. The fourth-order valence-electron chi connectivity index (χ4n) is 2.21. The molecule has 1 aliphatic rings. The Bertz CT molecular complexity index is 509. The van der Waals surface area contributed by atoms with E-state index in [1.165, 1.54) is 12.1 Å². The molecule has 1 aromatic rings. The molecule has 0 aliphatic heterocycles. The summed E-state index contributed by atoms with van der Waals surface area (Å²) < 4.78 is 12.9.